The Morgan fingerprint density at radius 2 is 1.87 bits per heavy atom. The molecule has 0 radical (unpaired) electrons. The summed E-state index contributed by atoms with van der Waals surface area (Å²) in [5.74, 6) is -0.318. The van der Waals surface area contributed by atoms with Crippen molar-refractivity contribution in [1.82, 2.24) is 5.32 Å². The van der Waals surface area contributed by atoms with E-state index in [1.807, 2.05) is 45.0 Å². The topological polar surface area (TPSA) is 75.6 Å². The average Bonchev–Trinajstić information content (AvgIpc) is 2.45. The first-order valence-corrected chi connectivity index (χ1v) is 7.85. The summed E-state index contributed by atoms with van der Waals surface area (Å²) in [7, 11) is 1.61. The molecule has 0 aliphatic rings. The molecule has 0 fully saturated rings. The fourth-order valence-corrected chi connectivity index (χ4v) is 2.54. The highest BCUT2D eigenvalue weighted by Crippen LogP contribution is 2.29. The number of aliphatic carboxylic acids is 1. The minimum absolute atomic E-state index is 0.0177. The van der Waals surface area contributed by atoms with E-state index in [4.69, 9.17) is 9.84 Å². The Morgan fingerprint density at radius 3 is 2.39 bits per heavy atom. The zero-order valence-corrected chi connectivity index (χ0v) is 14.6. The lowest BCUT2D eigenvalue weighted by Gasteiger charge is -2.34. The van der Waals surface area contributed by atoms with Gasteiger partial charge in [0.25, 0.3) is 0 Å². The number of methoxy groups -OCH3 is 1. The molecule has 0 aromatic heterocycles. The third-order valence-corrected chi connectivity index (χ3v) is 4.38. The van der Waals surface area contributed by atoms with Gasteiger partial charge in [0.05, 0.1) is 13.5 Å². The molecule has 23 heavy (non-hydrogen) atoms. The van der Waals surface area contributed by atoms with Crippen LogP contribution in [0.2, 0.25) is 0 Å². The van der Waals surface area contributed by atoms with Crippen LogP contribution >= 0.6 is 0 Å². The Balaban J connectivity index is 2.80. The van der Waals surface area contributed by atoms with Gasteiger partial charge in [-0.15, -0.1) is 0 Å². The number of nitrogens with one attached hydrogen (secondary N) is 1. The Kier molecular flexibility index (Phi) is 6.61. The first-order valence-electron chi connectivity index (χ1n) is 7.85. The van der Waals surface area contributed by atoms with Gasteiger partial charge in [-0.3, -0.25) is 9.59 Å². The van der Waals surface area contributed by atoms with Gasteiger partial charge in [0, 0.05) is 12.0 Å². The van der Waals surface area contributed by atoms with E-state index in [9.17, 15) is 9.59 Å². The van der Waals surface area contributed by atoms with Gasteiger partial charge in [-0.25, -0.2) is 0 Å². The summed E-state index contributed by atoms with van der Waals surface area (Å²) in [5, 5.41) is 12.0. The second kappa shape index (κ2) is 7.99. The van der Waals surface area contributed by atoms with E-state index in [0.717, 1.165) is 11.3 Å². The van der Waals surface area contributed by atoms with Crippen molar-refractivity contribution in [1.29, 1.82) is 0 Å². The lowest BCUT2D eigenvalue weighted by atomic mass is 9.84. The fourth-order valence-electron chi connectivity index (χ4n) is 2.54. The average molecular weight is 321 g/mol. The van der Waals surface area contributed by atoms with Gasteiger partial charge < -0.3 is 15.2 Å². The summed E-state index contributed by atoms with van der Waals surface area (Å²) >= 11 is 0. The van der Waals surface area contributed by atoms with Crippen molar-refractivity contribution in [3.63, 3.8) is 0 Å². The fraction of sp³-hybridized carbons (Fsp3) is 0.556. The van der Waals surface area contributed by atoms with Crippen LogP contribution in [0.1, 0.15) is 52.0 Å². The predicted molar refractivity (Wildman–Crippen MR) is 89.7 cm³/mol. The molecule has 0 saturated heterocycles. The van der Waals surface area contributed by atoms with E-state index in [-0.39, 0.29) is 30.6 Å². The molecular weight excluding hydrogens is 294 g/mol. The zero-order chi connectivity index (χ0) is 17.6. The normalized spacial score (nSPS) is 14.9. The first kappa shape index (κ1) is 19.0. The smallest absolute Gasteiger partial charge is 0.305 e. The molecule has 0 aliphatic heterocycles. The highest BCUT2D eigenvalue weighted by molar-refractivity contribution is 5.79. The zero-order valence-electron chi connectivity index (χ0n) is 14.6. The van der Waals surface area contributed by atoms with Crippen LogP contribution in [0.5, 0.6) is 5.75 Å². The number of benzene rings is 1. The second-order valence-electron chi connectivity index (χ2n) is 6.54. The van der Waals surface area contributed by atoms with Crippen molar-refractivity contribution in [2.45, 2.75) is 52.0 Å². The molecule has 2 unspecified atom stereocenters. The molecule has 1 rings (SSSR count). The molecule has 1 aromatic carbocycles. The molecule has 0 heterocycles. The number of hydrogen-bond donors (Lipinski definition) is 2. The Morgan fingerprint density at radius 1 is 1.26 bits per heavy atom. The number of carboxylic acid groups (broad SMARTS) is 1. The monoisotopic (exact) mass is 321 g/mol. The van der Waals surface area contributed by atoms with Crippen LogP contribution in [0.15, 0.2) is 24.3 Å². The Bertz CT molecular complexity index is 556. The summed E-state index contributed by atoms with van der Waals surface area (Å²) < 4.78 is 5.33. The molecule has 2 N–H and O–H groups in total. The summed E-state index contributed by atoms with van der Waals surface area (Å²) in [6.07, 6.45) is 0.182. The molecule has 2 atom stereocenters. The van der Waals surface area contributed by atoms with Gasteiger partial charge in [0.1, 0.15) is 5.75 Å². The predicted octanol–water partition coefficient (Wildman–Crippen LogP) is 3.19. The summed E-state index contributed by atoms with van der Waals surface area (Å²) in [6, 6.07) is 7.61. The highest BCUT2D eigenvalue weighted by Gasteiger charge is 2.33. The minimum atomic E-state index is -0.917. The molecule has 5 heteroatoms. The Hall–Kier alpha value is -2.04. The third-order valence-electron chi connectivity index (χ3n) is 4.38. The number of amides is 1. The van der Waals surface area contributed by atoms with Gasteiger partial charge in [0.15, 0.2) is 0 Å². The van der Waals surface area contributed by atoms with Crippen LogP contribution in [-0.4, -0.2) is 29.6 Å². The van der Waals surface area contributed by atoms with Crippen molar-refractivity contribution in [3.8, 4) is 5.75 Å². The third kappa shape index (κ3) is 5.27. The van der Waals surface area contributed by atoms with Crippen LogP contribution < -0.4 is 10.1 Å². The standard InChI is InChI=1S/C18H27NO4/c1-12(2)18(4,11-17(21)22)19-16(20)10-13(3)14-8-6-7-9-15(14)23-5/h6-9,12-13H,10-11H2,1-5H3,(H,19,20)(H,21,22). The van der Waals surface area contributed by atoms with Gasteiger partial charge in [-0.2, -0.15) is 0 Å². The maximum Gasteiger partial charge on any atom is 0.305 e. The van der Waals surface area contributed by atoms with Crippen LogP contribution in [-0.2, 0) is 9.59 Å². The van der Waals surface area contributed by atoms with Crippen molar-refractivity contribution in [3.05, 3.63) is 29.8 Å². The number of carboxylic acids is 1. The number of hydrogen-bond acceptors (Lipinski definition) is 3. The van der Waals surface area contributed by atoms with Gasteiger partial charge in [-0.05, 0) is 30.4 Å². The lowest BCUT2D eigenvalue weighted by Crippen LogP contribution is -2.51. The van der Waals surface area contributed by atoms with Crippen LogP contribution in [0.4, 0.5) is 0 Å². The van der Waals surface area contributed by atoms with Crippen molar-refractivity contribution in [2.24, 2.45) is 5.92 Å². The second-order valence-corrected chi connectivity index (χ2v) is 6.54. The summed E-state index contributed by atoms with van der Waals surface area (Å²) in [4.78, 5) is 23.4. The molecule has 0 aliphatic carbocycles. The van der Waals surface area contributed by atoms with E-state index in [1.54, 1.807) is 14.0 Å². The molecule has 5 nitrogen and oxygen atoms in total. The number of carbonyl (C=O) groups is 2. The van der Waals surface area contributed by atoms with E-state index in [0.29, 0.717) is 0 Å². The van der Waals surface area contributed by atoms with Crippen molar-refractivity contribution in [2.75, 3.05) is 7.11 Å². The molecule has 1 amide bonds. The maximum absolute atomic E-state index is 12.4. The Labute approximate surface area is 138 Å². The van der Waals surface area contributed by atoms with E-state index < -0.39 is 11.5 Å². The van der Waals surface area contributed by atoms with Gasteiger partial charge in [0.2, 0.25) is 5.91 Å². The number of carbonyl (C=O) groups excluding carboxylic acids is 1. The van der Waals surface area contributed by atoms with Crippen LogP contribution in [0, 0.1) is 5.92 Å². The maximum atomic E-state index is 12.4. The van der Waals surface area contributed by atoms with Gasteiger partial charge in [-0.1, -0.05) is 39.0 Å². The first-order chi connectivity index (χ1) is 10.7. The molecular formula is C18H27NO4. The largest absolute Gasteiger partial charge is 0.496 e. The van der Waals surface area contributed by atoms with E-state index >= 15 is 0 Å². The highest BCUT2D eigenvalue weighted by atomic mass is 16.5. The minimum Gasteiger partial charge on any atom is -0.496 e. The molecule has 1 aromatic rings. The SMILES string of the molecule is COc1ccccc1C(C)CC(=O)NC(C)(CC(=O)O)C(C)C. The molecule has 0 spiro atoms. The van der Waals surface area contributed by atoms with E-state index in [1.165, 1.54) is 0 Å². The summed E-state index contributed by atoms with van der Waals surface area (Å²) in [5.41, 5.74) is 0.207. The molecule has 128 valence electrons. The van der Waals surface area contributed by atoms with Crippen LogP contribution in [0.25, 0.3) is 0 Å². The quantitative estimate of drug-likeness (QED) is 0.771. The number of ether oxygens (including phenoxy) is 1. The lowest BCUT2D eigenvalue weighted by molar-refractivity contribution is -0.139. The van der Waals surface area contributed by atoms with Crippen molar-refractivity contribution < 1.29 is 19.4 Å². The number of para-hydroxylation sites is 1. The van der Waals surface area contributed by atoms with E-state index in [2.05, 4.69) is 5.32 Å². The van der Waals surface area contributed by atoms with Crippen LogP contribution in [0.3, 0.4) is 0 Å². The van der Waals surface area contributed by atoms with Crippen molar-refractivity contribution >= 4 is 11.9 Å². The van der Waals surface area contributed by atoms with Gasteiger partial charge >= 0.3 is 5.97 Å². The molecule has 0 bridgehead atoms. The number of rotatable bonds is 8. The summed E-state index contributed by atoms with van der Waals surface area (Å²) in [6.45, 7) is 7.55. The molecule has 0 saturated carbocycles.